The molecule has 0 unspecified atom stereocenters. The van der Waals surface area contributed by atoms with E-state index in [0.29, 0.717) is 0 Å². The number of nitrogens with one attached hydrogen (secondary N) is 1. The van der Waals surface area contributed by atoms with Crippen LogP contribution in [-0.2, 0) is 9.13 Å². The van der Waals surface area contributed by atoms with E-state index in [2.05, 4.69) is 11.4 Å². The van der Waals surface area contributed by atoms with Crippen molar-refractivity contribution in [3.63, 3.8) is 0 Å². The Bertz CT molecular complexity index is 235. The molecule has 0 aromatic carbocycles. The fourth-order valence-corrected chi connectivity index (χ4v) is 0.417. The molecule has 0 saturated carbocycles. The maximum atomic E-state index is 8.55. The molecule has 1 rings (SSSR count). The Balaban J connectivity index is -0.0000000433. The first-order chi connectivity index (χ1) is 6.50. The van der Waals surface area contributed by atoms with Crippen LogP contribution in [-0.4, -0.2) is 120 Å². The van der Waals surface area contributed by atoms with Gasteiger partial charge >= 0.3 is 113 Å². The molecule has 0 fully saturated rings. The largest absolute Gasteiger partial charge is 2.00 e. The van der Waals surface area contributed by atoms with Crippen LogP contribution in [0.4, 0.5) is 0 Å². The average molecular weight is 379 g/mol. The minimum atomic E-state index is -5.39. The molecule has 1 aliphatic rings. The number of hydrogen-bond acceptors (Lipinski definition) is 9. The predicted octanol–water partition coefficient (Wildman–Crippen LogP) is -6.30. The van der Waals surface area contributed by atoms with E-state index in [-0.39, 0.29) is 113 Å². The topological polar surface area (TPSA) is 185 Å². The molecule has 0 aromatic rings. The van der Waals surface area contributed by atoms with E-state index >= 15 is 0 Å². The van der Waals surface area contributed by atoms with Gasteiger partial charge in [0, 0.05) is 6.54 Å². The summed E-state index contributed by atoms with van der Waals surface area (Å²) in [6, 6.07) is 0. The van der Waals surface area contributed by atoms with Crippen molar-refractivity contribution in [3.8, 4) is 0 Å². The zero-order valence-electron chi connectivity index (χ0n) is 9.35. The molecule has 0 radical (unpaired) electrons. The molecule has 1 N–H and O–H groups in total. The Morgan fingerprint density at radius 1 is 0.833 bits per heavy atom. The fraction of sp³-hybridized carbons (Fsp3) is 0.500. The van der Waals surface area contributed by atoms with Crippen LogP contribution in [0.3, 0.4) is 0 Å². The molecule has 0 saturated heterocycles. The van der Waals surface area contributed by atoms with Crippen molar-refractivity contribution < 1.29 is 38.5 Å². The van der Waals surface area contributed by atoms with E-state index in [0.717, 1.165) is 6.54 Å². The zero-order valence-corrected chi connectivity index (χ0v) is 17.8. The van der Waals surface area contributed by atoms with Gasteiger partial charge < -0.3 is 43.8 Å². The summed E-state index contributed by atoms with van der Waals surface area (Å²) in [4.78, 5) is 51.3. The quantitative estimate of drug-likeness (QED) is 0.316. The third-order valence-electron chi connectivity index (χ3n) is 0.691. The standard InChI is InChI=1S/C4H7N.3Ca.2H3O4P/c1-2-4-5-3-1;;;;2*1-5(2,3)4/h1,3,5H,2,4H2;;;;2*(H3,1,2,3,4)/q;3*+2;;/p-6. The molecular formula is C4H7Ca3NO8P2. The summed E-state index contributed by atoms with van der Waals surface area (Å²) in [7, 11) is -10.8. The van der Waals surface area contributed by atoms with E-state index in [1.54, 1.807) is 0 Å². The van der Waals surface area contributed by atoms with Gasteiger partial charge in [-0.25, -0.2) is 0 Å². The maximum absolute atomic E-state index is 8.55. The molecule has 1 heterocycles. The first-order valence-corrected chi connectivity index (χ1v) is 6.27. The second-order valence-electron chi connectivity index (χ2n) is 2.04. The monoisotopic (exact) mass is 379 g/mol. The van der Waals surface area contributed by atoms with E-state index in [9.17, 15) is 0 Å². The first kappa shape index (κ1) is 33.2. The van der Waals surface area contributed by atoms with Crippen LogP contribution in [0.25, 0.3) is 0 Å². The maximum Gasteiger partial charge on any atom is 2.00 e. The molecule has 1 aliphatic heterocycles. The molecule has 18 heavy (non-hydrogen) atoms. The summed E-state index contributed by atoms with van der Waals surface area (Å²) in [5.74, 6) is 0. The summed E-state index contributed by atoms with van der Waals surface area (Å²) in [5, 5.41) is 3.04. The summed E-state index contributed by atoms with van der Waals surface area (Å²) < 4.78 is 17.1. The van der Waals surface area contributed by atoms with Crippen molar-refractivity contribution in [3.05, 3.63) is 12.3 Å². The van der Waals surface area contributed by atoms with E-state index < -0.39 is 15.6 Å². The summed E-state index contributed by atoms with van der Waals surface area (Å²) >= 11 is 0. The van der Waals surface area contributed by atoms with Crippen LogP contribution < -0.4 is 34.7 Å². The van der Waals surface area contributed by atoms with Gasteiger partial charge in [-0.1, -0.05) is 6.08 Å². The number of phosphoric acid groups is 2. The summed E-state index contributed by atoms with van der Waals surface area (Å²) in [6.45, 7) is 1.14. The Labute approximate surface area is 194 Å². The van der Waals surface area contributed by atoms with Gasteiger partial charge in [0.05, 0.1) is 0 Å². The average Bonchev–Trinajstić information content (AvgIpc) is 2.28. The van der Waals surface area contributed by atoms with Gasteiger partial charge in [0.25, 0.3) is 0 Å². The Morgan fingerprint density at radius 3 is 1.17 bits per heavy atom. The van der Waals surface area contributed by atoms with Gasteiger partial charge in [0.15, 0.2) is 0 Å². The second-order valence-corrected chi connectivity index (χ2v) is 3.83. The first-order valence-electron chi connectivity index (χ1n) is 3.34. The SMILES string of the molecule is C1=CNCC1.O=P([O-])([O-])[O-].O=P([O-])([O-])[O-].[Ca+2].[Ca+2].[Ca+2]. The molecule has 0 aliphatic carbocycles. The van der Waals surface area contributed by atoms with Gasteiger partial charge in [-0.05, 0) is 12.6 Å². The van der Waals surface area contributed by atoms with Crippen LogP contribution >= 0.6 is 15.6 Å². The second kappa shape index (κ2) is 18.6. The summed E-state index contributed by atoms with van der Waals surface area (Å²) in [6.07, 6.45) is 5.32. The van der Waals surface area contributed by atoms with Crippen molar-refractivity contribution in [2.24, 2.45) is 0 Å². The van der Waals surface area contributed by atoms with E-state index in [1.807, 2.05) is 6.20 Å². The van der Waals surface area contributed by atoms with E-state index in [4.69, 9.17) is 38.5 Å². The third kappa shape index (κ3) is 92.1. The minimum absolute atomic E-state index is 0. The zero-order chi connectivity index (χ0) is 12.5. The van der Waals surface area contributed by atoms with Gasteiger partial charge in [-0.15, -0.1) is 0 Å². The molecule has 0 aromatic heterocycles. The van der Waals surface area contributed by atoms with Gasteiger partial charge in [-0.2, -0.15) is 15.6 Å². The Morgan fingerprint density at radius 2 is 1.11 bits per heavy atom. The van der Waals surface area contributed by atoms with E-state index in [1.165, 1.54) is 6.42 Å². The van der Waals surface area contributed by atoms with Crippen molar-refractivity contribution in [1.29, 1.82) is 0 Å². The minimum Gasteiger partial charge on any atom is -0.822 e. The Kier molecular flexibility index (Phi) is 34.3. The summed E-state index contributed by atoms with van der Waals surface area (Å²) in [5.41, 5.74) is 0. The molecule has 0 spiro atoms. The molecular weight excluding hydrogens is 372 g/mol. The number of hydrogen-bond donors (Lipinski definition) is 1. The van der Waals surface area contributed by atoms with Crippen molar-refractivity contribution in [1.82, 2.24) is 5.32 Å². The molecule has 0 amide bonds. The smallest absolute Gasteiger partial charge is 0.822 e. The molecule has 14 heteroatoms. The third-order valence-corrected chi connectivity index (χ3v) is 0.691. The van der Waals surface area contributed by atoms with Gasteiger partial charge in [0.1, 0.15) is 0 Å². The molecule has 0 bridgehead atoms. The van der Waals surface area contributed by atoms with Crippen LogP contribution in [0.2, 0.25) is 0 Å². The van der Waals surface area contributed by atoms with Gasteiger partial charge in [0.2, 0.25) is 0 Å². The van der Waals surface area contributed by atoms with Crippen LogP contribution in [0.1, 0.15) is 6.42 Å². The van der Waals surface area contributed by atoms with Crippen molar-refractivity contribution in [2.45, 2.75) is 6.42 Å². The molecule has 0 atom stereocenters. The van der Waals surface area contributed by atoms with Crippen molar-refractivity contribution >= 4 is 129 Å². The molecule has 92 valence electrons. The predicted molar refractivity (Wildman–Crippen MR) is 54.2 cm³/mol. The van der Waals surface area contributed by atoms with Gasteiger partial charge in [-0.3, -0.25) is 0 Å². The normalized spacial score (nSPS) is 11.9. The van der Waals surface area contributed by atoms with Crippen LogP contribution in [0.5, 0.6) is 0 Å². The van der Waals surface area contributed by atoms with Crippen molar-refractivity contribution in [2.75, 3.05) is 6.54 Å². The molecule has 9 nitrogen and oxygen atoms in total. The van der Waals surface area contributed by atoms with Crippen LogP contribution in [0.15, 0.2) is 12.3 Å². The Hall–Kier alpha value is 3.54. The van der Waals surface area contributed by atoms with Crippen LogP contribution in [0, 0.1) is 0 Å². The number of rotatable bonds is 0. The fourth-order valence-electron chi connectivity index (χ4n) is 0.417.